The van der Waals surface area contributed by atoms with Crippen molar-refractivity contribution < 1.29 is 9.84 Å². The fraction of sp³-hybridized carbons (Fsp3) is 0.636. The van der Waals surface area contributed by atoms with Crippen LogP contribution in [0.15, 0.2) is 24.3 Å². The van der Waals surface area contributed by atoms with Crippen LogP contribution in [0.1, 0.15) is 20.8 Å². The summed E-state index contributed by atoms with van der Waals surface area (Å²) in [7, 11) is 1.64. The third kappa shape index (κ3) is 1.56. The molecule has 0 aliphatic heterocycles. The highest BCUT2D eigenvalue weighted by Gasteiger charge is 2.45. The molecule has 0 fully saturated rings. The first kappa shape index (κ1) is 10.5. The molecule has 2 heteroatoms. The number of aliphatic hydroxyl groups is 1. The Morgan fingerprint density at radius 2 is 1.92 bits per heavy atom. The summed E-state index contributed by atoms with van der Waals surface area (Å²) in [5.74, 6) is 0. The molecule has 0 radical (unpaired) electrons. The fourth-order valence-electron chi connectivity index (χ4n) is 1.80. The Kier molecular flexibility index (Phi) is 2.64. The van der Waals surface area contributed by atoms with Gasteiger partial charge in [0, 0.05) is 7.11 Å². The van der Waals surface area contributed by atoms with Gasteiger partial charge in [0.25, 0.3) is 0 Å². The normalized spacial score (nSPS) is 33.8. The van der Waals surface area contributed by atoms with Gasteiger partial charge in [0.2, 0.25) is 0 Å². The highest BCUT2D eigenvalue weighted by Crippen LogP contribution is 2.39. The Balaban J connectivity index is 3.06. The van der Waals surface area contributed by atoms with E-state index in [0.717, 1.165) is 0 Å². The van der Waals surface area contributed by atoms with E-state index < -0.39 is 11.7 Å². The second-order valence-corrected chi connectivity index (χ2v) is 4.44. The van der Waals surface area contributed by atoms with Crippen LogP contribution in [0.4, 0.5) is 0 Å². The van der Waals surface area contributed by atoms with Gasteiger partial charge in [0.15, 0.2) is 0 Å². The van der Waals surface area contributed by atoms with Gasteiger partial charge in [0.1, 0.15) is 11.7 Å². The van der Waals surface area contributed by atoms with Crippen LogP contribution in [-0.2, 0) is 4.74 Å². The molecule has 0 aromatic rings. The average Bonchev–Trinajstić information content (AvgIpc) is 2.03. The molecule has 2 nitrogen and oxygen atoms in total. The Labute approximate surface area is 79.9 Å². The number of aliphatic hydroxyl groups excluding tert-OH is 1. The smallest absolute Gasteiger partial charge is 0.120 e. The van der Waals surface area contributed by atoms with Crippen molar-refractivity contribution in [2.45, 2.75) is 32.5 Å². The molecular weight excluding hydrogens is 164 g/mol. The largest absolute Gasteiger partial charge is 0.386 e. The van der Waals surface area contributed by atoms with Crippen molar-refractivity contribution >= 4 is 0 Å². The van der Waals surface area contributed by atoms with Crippen LogP contribution in [0.2, 0.25) is 0 Å². The van der Waals surface area contributed by atoms with E-state index >= 15 is 0 Å². The molecule has 0 aromatic carbocycles. The maximum Gasteiger partial charge on any atom is 0.120 e. The van der Waals surface area contributed by atoms with Gasteiger partial charge < -0.3 is 9.84 Å². The first-order valence-electron chi connectivity index (χ1n) is 4.53. The molecule has 0 spiro atoms. The summed E-state index contributed by atoms with van der Waals surface area (Å²) < 4.78 is 5.47. The lowest BCUT2D eigenvalue weighted by molar-refractivity contribution is -0.115. The summed E-state index contributed by atoms with van der Waals surface area (Å²) in [6.45, 7) is 6.18. The number of hydrogen-bond acceptors (Lipinski definition) is 2. The molecule has 2 atom stereocenters. The third-order valence-electron chi connectivity index (χ3n) is 2.70. The molecule has 2 unspecified atom stereocenters. The minimum Gasteiger partial charge on any atom is -0.386 e. The van der Waals surface area contributed by atoms with Crippen molar-refractivity contribution in [3.8, 4) is 0 Å². The van der Waals surface area contributed by atoms with Gasteiger partial charge in [-0.3, -0.25) is 0 Å². The SMILES string of the molecule is COC1(C(C)(C)C)C=CC=CC1O. The third-order valence-corrected chi connectivity index (χ3v) is 2.70. The van der Waals surface area contributed by atoms with Gasteiger partial charge >= 0.3 is 0 Å². The number of rotatable bonds is 1. The second-order valence-electron chi connectivity index (χ2n) is 4.44. The Bertz CT molecular complexity index is 235. The number of hydrogen-bond donors (Lipinski definition) is 1. The lowest BCUT2D eigenvalue weighted by atomic mass is 9.71. The van der Waals surface area contributed by atoms with Crippen molar-refractivity contribution in [1.82, 2.24) is 0 Å². The minimum absolute atomic E-state index is 0.123. The summed E-state index contributed by atoms with van der Waals surface area (Å²) in [6, 6.07) is 0. The van der Waals surface area contributed by atoms with Gasteiger partial charge in [-0.2, -0.15) is 0 Å². The highest BCUT2D eigenvalue weighted by atomic mass is 16.5. The molecule has 0 saturated carbocycles. The van der Waals surface area contributed by atoms with E-state index in [-0.39, 0.29) is 5.41 Å². The summed E-state index contributed by atoms with van der Waals surface area (Å²) in [5.41, 5.74) is -0.718. The zero-order valence-corrected chi connectivity index (χ0v) is 8.74. The zero-order chi connectivity index (χ0) is 10.1. The molecule has 13 heavy (non-hydrogen) atoms. The number of allylic oxidation sites excluding steroid dienone is 2. The van der Waals surface area contributed by atoms with Crippen LogP contribution in [0, 0.1) is 5.41 Å². The van der Waals surface area contributed by atoms with Crippen LogP contribution in [0.5, 0.6) is 0 Å². The Morgan fingerprint density at radius 1 is 1.31 bits per heavy atom. The molecule has 0 heterocycles. The first-order valence-corrected chi connectivity index (χ1v) is 4.53. The molecule has 0 amide bonds. The lowest BCUT2D eigenvalue weighted by Gasteiger charge is -2.44. The van der Waals surface area contributed by atoms with Gasteiger partial charge in [-0.05, 0) is 11.5 Å². The van der Waals surface area contributed by atoms with Crippen LogP contribution in [0.3, 0.4) is 0 Å². The lowest BCUT2D eigenvalue weighted by Crippen LogP contribution is -2.52. The predicted octanol–water partition coefficient (Wildman–Crippen LogP) is 1.90. The molecule has 74 valence electrons. The highest BCUT2D eigenvalue weighted by molar-refractivity contribution is 5.26. The summed E-state index contributed by atoms with van der Waals surface area (Å²) in [4.78, 5) is 0. The quantitative estimate of drug-likeness (QED) is 0.671. The molecule has 0 aromatic heterocycles. The number of ether oxygens (including phenoxy) is 1. The van der Waals surface area contributed by atoms with E-state index in [9.17, 15) is 5.11 Å². The predicted molar refractivity (Wildman–Crippen MR) is 53.5 cm³/mol. The number of methoxy groups -OCH3 is 1. The summed E-state index contributed by atoms with van der Waals surface area (Å²) in [5, 5.41) is 9.89. The molecule has 1 aliphatic carbocycles. The monoisotopic (exact) mass is 182 g/mol. The standard InChI is InChI=1S/C11H18O2/c1-10(2,3)11(13-4)8-6-5-7-9(11)12/h5-9,12H,1-4H3. The van der Waals surface area contributed by atoms with E-state index in [1.54, 1.807) is 13.2 Å². The molecule has 1 aliphatic rings. The second kappa shape index (κ2) is 3.28. The average molecular weight is 182 g/mol. The van der Waals surface area contributed by atoms with Crippen LogP contribution < -0.4 is 0 Å². The molecule has 0 bridgehead atoms. The van der Waals surface area contributed by atoms with Crippen molar-refractivity contribution in [3.05, 3.63) is 24.3 Å². The fourth-order valence-corrected chi connectivity index (χ4v) is 1.80. The maximum absolute atomic E-state index is 9.89. The van der Waals surface area contributed by atoms with Gasteiger partial charge in [-0.1, -0.05) is 39.0 Å². The summed E-state index contributed by atoms with van der Waals surface area (Å²) >= 11 is 0. The maximum atomic E-state index is 9.89. The van der Waals surface area contributed by atoms with Gasteiger partial charge in [-0.25, -0.2) is 0 Å². The molecule has 0 saturated heterocycles. The molecule has 1 N–H and O–H groups in total. The van der Waals surface area contributed by atoms with Crippen molar-refractivity contribution in [3.63, 3.8) is 0 Å². The minimum atomic E-state index is -0.595. The van der Waals surface area contributed by atoms with Gasteiger partial charge in [-0.15, -0.1) is 0 Å². The van der Waals surface area contributed by atoms with E-state index in [1.165, 1.54) is 0 Å². The topological polar surface area (TPSA) is 29.5 Å². The van der Waals surface area contributed by atoms with E-state index in [1.807, 2.05) is 18.2 Å². The molecule has 1 rings (SSSR count). The van der Waals surface area contributed by atoms with E-state index in [4.69, 9.17) is 4.74 Å². The Hall–Kier alpha value is -0.600. The van der Waals surface area contributed by atoms with Crippen LogP contribution in [-0.4, -0.2) is 23.9 Å². The van der Waals surface area contributed by atoms with E-state index in [2.05, 4.69) is 20.8 Å². The van der Waals surface area contributed by atoms with Crippen LogP contribution >= 0.6 is 0 Å². The molecular formula is C11H18O2. The van der Waals surface area contributed by atoms with Crippen molar-refractivity contribution in [2.24, 2.45) is 5.41 Å². The van der Waals surface area contributed by atoms with Crippen molar-refractivity contribution in [2.75, 3.05) is 7.11 Å². The van der Waals surface area contributed by atoms with Crippen LogP contribution in [0.25, 0.3) is 0 Å². The van der Waals surface area contributed by atoms with Crippen molar-refractivity contribution in [1.29, 1.82) is 0 Å². The first-order chi connectivity index (χ1) is 5.94. The summed E-state index contributed by atoms with van der Waals surface area (Å²) in [6.07, 6.45) is 6.88. The van der Waals surface area contributed by atoms with E-state index in [0.29, 0.717) is 0 Å². The Morgan fingerprint density at radius 3 is 2.23 bits per heavy atom. The van der Waals surface area contributed by atoms with Gasteiger partial charge in [0.05, 0.1) is 0 Å². The zero-order valence-electron chi connectivity index (χ0n) is 8.74.